The van der Waals surface area contributed by atoms with E-state index in [1.165, 1.54) is 25.7 Å². The van der Waals surface area contributed by atoms with Crippen LogP contribution in [-0.2, 0) is 4.79 Å². The van der Waals surface area contributed by atoms with E-state index in [4.69, 9.17) is 0 Å². The van der Waals surface area contributed by atoms with Crippen LogP contribution in [0.4, 0.5) is 0 Å². The van der Waals surface area contributed by atoms with E-state index in [0.717, 1.165) is 32.4 Å². The zero-order valence-corrected chi connectivity index (χ0v) is 10.5. The predicted octanol–water partition coefficient (Wildman–Crippen LogP) is 1.80. The summed E-state index contributed by atoms with van der Waals surface area (Å²) in [7, 11) is 0. The molecule has 3 unspecified atom stereocenters. The maximum absolute atomic E-state index is 12.2. The summed E-state index contributed by atoms with van der Waals surface area (Å²) in [5.41, 5.74) is 0. The Balaban J connectivity index is 1.53. The summed E-state index contributed by atoms with van der Waals surface area (Å²) < 4.78 is 0. The van der Waals surface area contributed by atoms with Crippen LogP contribution < -0.4 is 0 Å². The molecule has 3 aliphatic rings. The number of rotatable bonds is 2. The molecule has 0 bridgehead atoms. The quantitative estimate of drug-likeness (QED) is 0.795. The molecule has 0 aromatic heterocycles. The minimum Gasteiger partial charge on any atom is -0.393 e. The minimum atomic E-state index is -0.149. The molecule has 0 aromatic carbocycles. The van der Waals surface area contributed by atoms with Crippen molar-refractivity contribution in [1.82, 2.24) is 4.90 Å². The van der Waals surface area contributed by atoms with Gasteiger partial charge in [0.2, 0.25) is 5.91 Å². The molecule has 96 valence electrons. The molecule has 3 nitrogen and oxygen atoms in total. The fourth-order valence-electron chi connectivity index (χ4n) is 4.03. The Morgan fingerprint density at radius 2 is 1.88 bits per heavy atom. The van der Waals surface area contributed by atoms with E-state index in [-0.39, 0.29) is 6.10 Å². The van der Waals surface area contributed by atoms with E-state index in [1.54, 1.807) is 0 Å². The lowest BCUT2D eigenvalue weighted by molar-refractivity contribution is -0.131. The minimum absolute atomic E-state index is 0.149. The van der Waals surface area contributed by atoms with Crippen molar-refractivity contribution in [3.63, 3.8) is 0 Å². The highest BCUT2D eigenvalue weighted by molar-refractivity contribution is 5.76. The number of nitrogens with zero attached hydrogens (tertiary/aromatic N) is 1. The fourth-order valence-corrected chi connectivity index (χ4v) is 4.03. The number of hydrogen-bond acceptors (Lipinski definition) is 2. The molecule has 3 atom stereocenters. The Labute approximate surface area is 103 Å². The number of carbonyl (C=O) groups is 1. The summed E-state index contributed by atoms with van der Waals surface area (Å²) in [5, 5.41) is 9.85. The molecule has 0 radical (unpaired) electrons. The molecular formula is C14H23NO2. The molecule has 2 saturated carbocycles. The Bertz CT molecular complexity index is 299. The van der Waals surface area contributed by atoms with Gasteiger partial charge in [-0.2, -0.15) is 0 Å². The highest BCUT2D eigenvalue weighted by atomic mass is 16.3. The van der Waals surface area contributed by atoms with Gasteiger partial charge in [-0.05, 0) is 37.5 Å². The molecule has 2 aliphatic carbocycles. The third-order valence-electron chi connectivity index (χ3n) is 5.11. The Hall–Kier alpha value is -0.570. The van der Waals surface area contributed by atoms with Crippen LogP contribution in [-0.4, -0.2) is 35.1 Å². The maximum atomic E-state index is 12.2. The molecule has 1 saturated heterocycles. The summed E-state index contributed by atoms with van der Waals surface area (Å²) in [4.78, 5) is 14.2. The van der Waals surface area contributed by atoms with E-state index in [2.05, 4.69) is 0 Å². The highest BCUT2D eigenvalue weighted by Crippen LogP contribution is 2.38. The highest BCUT2D eigenvalue weighted by Gasteiger charge is 2.43. The Morgan fingerprint density at radius 1 is 1.12 bits per heavy atom. The van der Waals surface area contributed by atoms with Crippen molar-refractivity contribution in [3.8, 4) is 0 Å². The van der Waals surface area contributed by atoms with Crippen molar-refractivity contribution in [2.45, 2.75) is 51.0 Å². The van der Waals surface area contributed by atoms with Gasteiger partial charge in [0.1, 0.15) is 0 Å². The molecular weight excluding hydrogens is 214 g/mol. The first-order valence-electron chi connectivity index (χ1n) is 7.20. The summed E-state index contributed by atoms with van der Waals surface area (Å²) in [6, 6.07) is 0. The standard InChI is InChI=1S/C14H23NO2/c16-13-6-5-11-8-15(9-12(11)13)14(17)7-10-3-1-2-4-10/h10-13,16H,1-9H2. The molecule has 1 aliphatic heterocycles. The molecule has 1 amide bonds. The van der Waals surface area contributed by atoms with Crippen molar-refractivity contribution in [3.05, 3.63) is 0 Å². The summed E-state index contributed by atoms with van der Waals surface area (Å²) in [6.45, 7) is 1.73. The van der Waals surface area contributed by atoms with Gasteiger partial charge in [0.25, 0.3) is 0 Å². The first kappa shape index (κ1) is 11.5. The summed E-state index contributed by atoms with van der Waals surface area (Å²) in [6.07, 6.45) is 7.77. The lowest BCUT2D eigenvalue weighted by Crippen LogP contribution is -2.32. The second-order valence-corrected chi connectivity index (χ2v) is 6.22. The van der Waals surface area contributed by atoms with Gasteiger partial charge >= 0.3 is 0 Å². The number of carbonyl (C=O) groups excluding carboxylic acids is 1. The second-order valence-electron chi connectivity index (χ2n) is 6.22. The van der Waals surface area contributed by atoms with E-state index in [0.29, 0.717) is 23.7 Å². The van der Waals surface area contributed by atoms with Gasteiger partial charge in [0.05, 0.1) is 6.10 Å². The van der Waals surface area contributed by atoms with E-state index in [1.807, 2.05) is 4.90 Å². The topological polar surface area (TPSA) is 40.5 Å². The number of aliphatic hydroxyl groups is 1. The molecule has 17 heavy (non-hydrogen) atoms. The average molecular weight is 237 g/mol. The predicted molar refractivity (Wildman–Crippen MR) is 65.4 cm³/mol. The maximum Gasteiger partial charge on any atom is 0.222 e. The molecule has 1 N–H and O–H groups in total. The van der Waals surface area contributed by atoms with Gasteiger partial charge in [-0.15, -0.1) is 0 Å². The van der Waals surface area contributed by atoms with Crippen molar-refractivity contribution >= 4 is 5.91 Å². The van der Waals surface area contributed by atoms with Crippen LogP contribution in [0.3, 0.4) is 0 Å². The van der Waals surface area contributed by atoms with Crippen LogP contribution in [0.25, 0.3) is 0 Å². The normalized spacial score (nSPS) is 37.7. The number of hydrogen-bond donors (Lipinski definition) is 1. The van der Waals surface area contributed by atoms with E-state index in [9.17, 15) is 9.90 Å². The van der Waals surface area contributed by atoms with Gasteiger partial charge in [0.15, 0.2) is 0 Å². The van der Waals surface area contributed by atoms with Crippen LogP contribution in [0.5, 0.6) is 0 Å². The molecule has 3 heteroatoms. The van der Waals surface area contributed by atoms with Crippen LogP contribution in [0.1, 0.15) is 44.9 Å². The number of likely N-dealkylation sites (tertiary alicyclic amines) is 1. The second kappa shape index (κ2) is 4.60. The van der Waals surface area contributed by atoms with Crippen LogP contribution >= 0.6 is 0 Å². The lowest BCUT2D eigenvalue weighted by Gasteiger charge is -2.20. The van der Waals surface area contributed by atoms with Crippen LogP contribution in [0.2, 0.25) is 0 Å². The monoisotopic (exact) mass is 237 g/mol. The molecule has 1 heterocycles. The lowest BCUT2D eigenvalue weighted by atomic mass is 10.00. The average Bonchev–Trinajstić information content (AvgIpc) is 2.97. The fraction of sp³-hybridized carbons (Fsp3) is 0.929. The van der Waals surface area contributed by atoms with Crippen LogP contribution in [0.15, 0.2) is 0 Å². The number of fused-ring (bicyclic) bond motifs is 1. The van der Waals surface area contributed by atoms with Gasteiger partial charge in [0, 0.05) is 25.4 Å². The van der Waals surface area contributed by atoms with Gasteiger partial charge in [-0.3, -0.25) is 4.79 Å². The van der Waals surface area contributed by atoms with Crippen molar-refractivity contribution < 1.29 is 9.90 Å². The SMILES string of the molecule is O=C(CC1CCCC1)N1CC2CCC(O)C2C1. The third kappa shape index (κ3) is 2.22. The molecule has 3 fully saturated rings. The van der Waals surface area contributed by atoms with Crippen LogP contribution in [0, 0.1) is 17.8 Å². The third-order valence-corrected chi connectivity index (χ3v) is 5.11. The van der Waals surface area contributed by atoms with Gasteiger partial charge < -0.3 is 10.0 Å². The van der Waals surface area contributed by atoms with Crippen molar-refractivity contribution in [1.29, 1.82) is 0 Å². The zero-order valence-electron chi connectivity index (χ0n) is 10.5. The smallest absolute Gasteiger partial charge is 0.222 e. The molecule has 0 spiro atoms. The largest absolute Gasteiger partial charge is 0.393 e. The van der Waals surface area contributed by atoms with Crippen molar-refractivity contribution in [2.75, 3.05) is 13.1 Å². The van der Waals surface area contributed by atoms with E-state index >= 15 is 0 Å². The molecule has 0 aromatic rings. The number of amides is 1. The first-order valence-corrected chi connectivity index (χ1v) is 7.20. The Kier molecular flexibility index (Phi) is 3.12. The van der Waals surface area contributed by atoms with E-state index < -0.39 is 0 Å². The molecule has 3 rings (SSSR count). The first-order chi connectivity index (χ1) is 8.24. The summed E-state index contributed by atoms with van der Waals surface area (Å²) >= 11 is 0. The number of aliphatic hydroxyl groups excluding tert-OH is 1. The zero-order chi connectivity index (χ0) is 11.8. The summed E-state index contributed by atoms with van der Waals surface area (Å²) in [5.74, 6) is 1.95. The van der Waals surface area contributed by atoms with Crippen molar-refractivity contribution in [2.24, 2.45) is 17.8 Å². The van der Waals surface area contributed by atoms with Gasteiger partial charge in [-0.25, -0.2) is 0 Å². The Morgan fingerprint density at radius 3 is 2.59 bits per heavy atom. The van der Waals surface area contributed by atoms with Gasteiger partial charge in [-0.1, -0.05) is 12.8 Å².